The molecule has 12 heteroatoms. The molecule has 4 atom stereocenters. The Morgan fingerprint density at radius 3 is 2.25 bits per heavy atom. The van der Waals surface area contributed by atoms with E-state index in [0.717, 1.165) is 22.3 Å². The SMILES string of the molecule is CCC(C)(CCNC(=O)CCC(=O)ON1C(=O)CCC1=O)OCCC(C)C(C)NC(=O)CCC(=O)OC1Cc2ccccc2C#Cc2ccccc21. The largest absolute Gasteiger partial charge is 0.457 e. The summed E-state index contributed by atoms with van der Waals surface area (Å²) in [5.41, 5.74) is 3.08. The zero-order valence-corrected chi connectivity index (χ0v) is 30.5. The van der Waals surface area contributed by atoms with Gasteiger partial charge in [0.1, 0.15) is 6.10 Å². The third-order valence-electron chi connectivity index (χ3n) is 9.64. The maximum atomic E-state index is 12.9. The summed E-state index contributed by atoms with van der Waals surface area (Å²) in [6.07, 6.45) is 1.49. The lowest BCUT2D eigenvalue weighted by molar-refractivity contribution is -0.197. The van der Waals surface area contributed by atoms with Crippen molar-refractivity contribution < 1.29 is 43.1 Å². The van der Waals surface area contributed by atoms with E-state index in [1.807, 2.05) is 76.2 Å². The van der Waals surface area contributed by atoms with Crippen molar-refractivity contribution in [1.82, 2.24) is 15.7 Å². The van der Waals surface area contributed by atoms with E-state index in [1.54, 1.807) is 0 Å². The number of carbonyl (C=O) groups is 6. The summed E-state index contributed by atoms with van der Waals surface area (Å²) >= 11 is 0. The van der Waals surface area contributed by atoms with Crippen molar-refractivity contribution in [3.63, 3.8) is 0 Å². The van der Waals surface area contributed by atoms with Crippen molar-refractivity contribution in [3.8, 4) is 11.8 Å². The summed E-state index contributed by atoms with van der Waals surface area (Å²) in [5.74, 6) is 3.53. The van der Waals surface area contributed by atoms with Crippen LogP contribution in [0.5, 0.6) is 0 Å². The number of ether oxygens (including phenoxy) is 2. The van der Waals surface area contributed by atoms with E-state index in [-0.39, 0.29) is 62.3 Å². The number of hydrogen-bond donors (Lipinski definition) is 2. The van der Waals surface area contributed by atoms with Gasteiger partial charge in [0.25, 0.3) is 11.8 Å². The molecule has 1 fully saturated rings. The molecule has 2 aromatic carbocycles. The molecular weight excluding hydrogens is 666 g/mol. The van der Waals surface area contributed by atoms with Crippen molar-refractivity contribution in [2.75, 3.05) is 13.2 Å². The van der Waals surface area contributed by atoms with Gasteiger partial charge in [-0.25, -0.2) is 4.79 Å². The topological polar surface area (TPSA) is 157 Å². The second-order valence-corrected chi connectivity index (χ2v) is 13.6. The Bertz CT molecular complexity index is 1680. The number of fused-ring (bicyclic) bond motifs is 2. The van der Waals surface area contributed by atoms with Crippen LogP contribution in [0.25, 0.3) is 0 Å². The van der Waals surface area contributed by atoms with Gasteiger partial charge >= 0.3 is 11.9 Å². The molecule has 1 saturated heterocycles. The molecule has 1 heterocycles. The van der Waals surface area contributed by atoms with E-state index in [0.29, 0.717) is 43.9 Å². The highest BCUT2D eigenvalue weighted by molar-refractivity contribution is 6.01. The number of hydroxylamine groups is 2. The fourth-order valence-corrected chi connectivity index (χ4v) is 5.83. The number of nitrogens with zero attached hydrogens (tertiary/aromatic N) is 1. The van der Waals surface area contributed by atoms with Crippen LogP contribution >= 0.6 is 0 Å². The fourth-order valence-electron chi connectivity index (χ4n) is 5.83. The van der Waals surface area contributed by atoms with Crippen LogP contribution in [0.3, 0.4) is 0 Å². The van der Waals surface area contributed by atoms with Crippen molar-refractivity contribution >= 4 is 35.6 Å². The second kappa shape index (κ2) is 19.0. The number of nitrogens with one attached hydrogen (secondary N) is 2. The fraction of sp³-hybridized carbons (Fsp3) is 0.500. The van der Waals surface area contributed by atoms with Crippen molar-refractivity contribution in [2.24, 2.45) is 5.92 Å². The minimum atomic E-state index is -0.822. The monoisotopic (exact) mass is 715 g/mol. The standard InChI is InChI=1S/C40H49N3O9/c1-5-40(4,23-24-41-34(44)16-21-39(49)52-43-36(46)18-19-37(43)47)50-25-22-27(2)28(3)42-35(45)17-20-38(48)51-33-26-31-12-7-6-10-29(31)14-15-30-11-8-9-13-32(30)33/h6-13,27-28,33H,5,16-26H2,1-4H3,(H,41,44)(H,42,45). The van der Waals surface area contributed by atoms with Gasteiger partial charge in [-0.15, -0.1) is 5.06 Å². The zero-order chi connectivity index (χ0) is 37.7. The van der Waals surface area contributed by atoms with Gasteiger partial charge in [-0.2, -0.15) is 0 Å². The Morgan fingerprint density at radius 2 is 1.52 bits per heavy atom. The lowest BCUT2D eigenvalue weighted by Gasteiger charge is -2.30. The number of amides is 4. The highest BCUT2D eigenvalue weighted by Gasteiger charge is 2.33. The highest BCUT2D eigenvalue weighted by Crippen LogP contribution is 2.29. The van der Waals surface area contributed by atoms with Gasteiger partial charge in [0.15, 0.2) is 0 Å². The summed E-state index contributed by atoms with van der Waals surface area (Å²) in [4.78, 5) is 77.9. The lowest BCUT2D eigenvalue weighted by Crippen LogP contribution is -2.39. The minimum absolute atomic E-state index is 0.00398. The van der Waals surface area contributed by atoms with Gasteiger partial charge in [-0.05, 0) is 56.7 Å². The number of esters is 1. The molecule has 1 aliphatic carbocycles. The normalized spacial score (nSPS) is 17.2. The van der Waals surface area contributed by atoms with Gasteiger partial charge in [0.2, 0.25) is 11.8 Å². The average molecular weight is 716 g/mol. The predicted octanol–water partition coefficient (Wildman–Crippen LogP) is 4.62. The third kappa shape index (κ3) is 11.8. The number of rotatable bonds is 18. The summed E-state index contributed by atoms with van der Waals surface area (Å²) < 4.78 is 12.1. The Kier molecular flexibility index (Phi) is 14.5. The van der Waals surface area contributed by atoms with Crippen LogP contribution in [0.15, 0.2) is 48.5 Å². The molecule has 52 heavy (non-hydrogen) atoms. The minimum Gasteiger partial charge on any atom is -0.457 e. The molecule has 2 N–H and O–H groups in total. The first-order valence-corrected chi connectivity index (χ1v) is 18.0. The molecule has 0 aromatic heterocycles. The summed E-state index contributed by atoms with van der Waals surface area (Å²) in [5, 5.41) is 6.24. The molecule has 2 aliphatic rings. The molecule has 0 spiro atoms. The first-order valence-electron chi connectivity index (χ1n) is 18.0. The molecule has 0 bridgehead atoms. The molecule has 278 valence electrons. The number of carbonyl (C=O) groups excluding carboxylic acids is 6. The van der Waals surface area contributed by atoms with Crippen LogP contribution in [0.1, 0.15) is 114 Å². The van der Waals surface area contributed by atoms with Gasteiger partial charge in [-0.1, -0.05) is 62.1 Å². The Labute approximate surface area is 305 Å². The van der Waals surface area contributed by atoms with Crippen LogP contribution in [0.4, 0.5) is 0 Å². The first-order chi connectivity index (χ1) is 24.9. The van der Waals surface area contributed by atoms with E-state index >= 15 is 0 Å². The van der Waals surface area contributed by atoms with Crippen LogP contribution in [-0.4, -0.2) is 65.4 Å². The first kappa shape index (κ1) is 39.8. The van der Waals surface area contributed by atoms with E-state index in [4.69, 9.17) is 14.3 Å². The van der Waals surface area contributed by atoms with Gasteiger partial charge < -0.3 is 24.9 Å². The number of hydrogen-bond acceptors (Lipinski definition) is 9. The van der Waals surface area contributed by atoms with Crippen LogP contribution in [0.2, 0.25) is 0 Å². The molecule has 1 aliphatic heterocycles. The third-order valence-corrected chi connectivity index (χ3v) is 9.64. The van der Waals surface area contributed by atoms with E-state index < -0.39 is 35.5 Å². The van der Waals surface area contributed by atoms with Gasteiger partial charge in [0.05, 0.1) is 18.4 Å². The Hall–Kier alpha value is -5.02. The van der Waals surface area contributed by atoms with E-state index in [2.05, 4.69) is 22.5 Å². The summed E-state index contributed by atoms with van der Waals surface area (Å²) in [6.45, 7) is 8.70. The van der Waals surface area contributed by atoms with Crippen molar-refractivity contribution in [1.29, 1.82) is 0 Å². The molecule has 4 amide bonds. The molecule has 4 unspecified atom stereocenters. The molecular formula is C40H49N3O9. The molecule has 0 saturated carbocycles. The van der Waals surface area contributed by atoms with Crippen molar-refractivity contribution in [2.45, 2.75) is 110 Å². The maximum absolute atomic E-state index is 12.9. The van der Waals surface area contributed by atoms with Gasteiger partial charge in [-0.3, -0.25) is 24.0 Å². The van der Waals surface area contributed by atoms with Crippen LogP contribution in [0, 0.1) is 17.8 Å². The summed E-state index contributed by atoms with van der Waals surface area (Å²) in [7, 11) is 0. The average Bonchev–Trinajstić information content (AvgIpc) is 3.43. The van der Waals surface area contributed by atoms with E-state index in [9.17, 15) is 28.8 Å². The van der Waals surface area contributed by atoms with Gasteiger partial charge in [0, 0.05) is 68.0 Å². The number of imide groups is 1. The molecule has 4 rings (SSSR count). The second-order valence-electron chi connectivity index (χ2n) is 13.6. The Balaban J connectivity index is 1.13. The number of benzene rings is 2. The van der Waals surface area contributed by atoms with Crippen molar-refractivity contribution in [3.05, 3.63) is 70.8 Å². The smallest absolute Gasteiger partial charge is 0.333 e. The molecule has 0 radical (unpaired) electrons. The van der Waals surface area contributed by atoms with Crippen LogP contribution in [-0.2, 0) is 49.5 Å². The lowest BCUT2D eigenvalue weighted by atomic mass is 9.92. The molecule has 2 aromatic rings. The maximum Gasteiger partial charge on any atom is 0.333 e. The molecule has 12 nitrogen and oxygen atoms in total. The Morgan fingerprint density at radius 1 is 0.885 bits per heavy atom. The van der Waals surface area contributed by atoms with Crippen LogP contribution < -0.4 is 10.6 Å². The summed E-state index contributed by atoms with van der Waals surface area (Å²) in [6, 6.07) is 15.3. The highest BCUT2D eigenvalue weighted by atomic mass is 16.7. The predicted molar refractivity (Wildman–Crippen MR) is 191 cm³/mol. The zero-order valence-electron chi connectivity index (χ0n) is 30.5. The quantitative estimate of drug-likeness (QED) is 0.128. The van der Waals surface area contributed by atoms with E-state index in [1.165, 1.54) is 0 Å².